The largest absolute Gasteiger partial charge is 0.235 e. The van der Waals surface area contributed by atoms with Crippen LogP contribution in [-0.2, 0) is 0 Å². The summed E-state index contributed by atoms with van der Waals surface area (Å²) in [5.41, 5.74) is 7.04. The van der Waals surface area contributed by atoms with Gasteiger partial charge in [0.25, 0.3) is 0 Å². The molecule has 3 fully saturated rings. The van der Waals surface area contributed by atoms with Gasteiger partial charge in [-0.25, -0.2) is 10.9 Å². The Hall–Kier alpha value is -0.0800. The van der Waals surface area contributed by atoms with Crippen molar-refractivity contribution < 1.29 is 0 Å². The highest BCUT2D eigenvalue weighted by atomic mass is 15.7. The lowest BCUT2D eigenvalue weighted by molar-refractivity contribution is 0.374. The third kappa shape index (κ3) is 0.447. The molecule has 1 aliphatic heterocycles. The van der Waals surface area contributed by atoms with E-state index in [2.05, 4.69) is 10.9 Å². The second kappa shape index (κ2) is 1.18. The van der Waals surface area contributed by atoms with Gasteiger partial charge in [0.2, 0.25) is 0 Å². The van der Waals surface area contributed by atoms with E-state index in [0.717, 1.165) is 11.8 Å². The fraction of sp³-hybridized carbons (Fsp3) is 1.00. The van der Waals surface area contributed by atoms with E-state index in [0.29, 0.717) is 5.66 Å². The third-order valence-electron chi connectivity index (χ3n) is 3.29. The van der Waals surface area contributed by atoms with Gasteiger partial charge < -0.3 is 0 Å². The van der Waals surface area contributed by atoms with Crippen molar-refractivity contribution in [2.45, 2.75) is 31.3 Å². The molecule has 3 aliphatic rings. The Morgan fingerprint density at radius 1 is 1.22 bits per heavy atom. The number of rotatable bonds is 0. The molecular weight excluding hydrogens is 112 g/mol. The molecule has 1 saturated heterocycles. The van der Waals surface area contributed by atoms with Crippen LogP contribution >= 0.6 is 0 Å². The molecule has 0 amide bonds. The lowest BCUT2D eigenvalue weighted by atomic mass is 9.93. The molecule has 2 bridgehead atoms. The van der Waals surface area contributed by atoms with Gasteiger partial charge in [-0.3, -0.25) is 0 Å². The molecule has 1 spiro atoms. The predicted octanol–water partition coefficient (Wildman–Crippen LogP) is 0.610. The van der Waals surface area contributed by atoms with Gasteiger partial charge in [0.05, 0.1) is 5.66 Å². The van der Waals surface area contributed by atoms with E-state index in [1.165, 1.54) is 25.7 Å². The first-order chi connectivity index (χ1) is 4.39. The normalized spacial score (nSPS) is 50.7. The topological polar surface area (TPSA) is 43.9 Å². The van der Waals surface area contributed by atoms with Crippen molar-refractivity contribution in [2.24, 2.45) is 11.8 Å². The molecule has 0 aromatic rings. The van der Waals surface area contributed by atoms with E-state index in [4.69, 9.17) is 0 Å². The minimum atomic E-state index is 0.461. The molecule has 9 heavy (non-hydrogen) atoms. The van der Waals surface area contributed by atoms with E-state index in [-0.39, 0.29) is 0 Å². The van der Waals surface area contributed by atoms with Crippen LogP contribution in [0.25, 0.3) is 0 Å². The van der Waals surface area contributed by atoms with Crippen molar-refractivity contribution in [3.8, 4) is 0 Å². The van der Waals surface area contributed by atoms with Gasteiger partial charge in [-0.15, -0.1) is 0 Å². The maximum atomic E-state index is 3.29. The van der Waals surface area contributed by atoms with Crippen LogP contribution in [0, 0.1) is 11.8 Å². The van der Waals surface area contributed by atoms with Gasteiger partial charge in [0.1, 0.15) is 0 Å². The molecule has 2 nitrogen and oxygen atoms in total. The van der Waals surface area contributed by atoms with Crippen molar-refractivity contribution in [3.05, 3.63) is 0 Å². The fourth-order valence-corrected chi connectivity index (χ4v) is 2.72. The van der Waals surface area contributed by atoms with E-state index in [9.17, 15) is 0 Å². The van der Waals surface area contributed by atoms with Crippen molar-refractivity contribution in [1.29, 1.82) is 0 Å². The Morgan fingerprint density at radius 3 is 2.44 bits per heavy atom. The maximum absolute atomic E-state index is 3.29. The van der Waals surface area contributed by atoms with Crippen LogP contribution in [0.2, 0.25) is 0 Å². The molecule has 0 radical (unpaired) electrons. The van der Waals surface area contributed by atoms with Crippen LogP contribution in [0.5, 0.6) is 0 Å². The average molecular weight is 124 g/mol. The summed E-state index contributed by atoms with van der Waals surface area (Å²) in [6.07, 6.45) is 5.85. The van der Waals surface area contributed by atoms with Crippen molar-refractivity contribution in [2.75, 3.05) is 0 Å². The Labute approximate surface area is 55.0 Å². The number of nitrogens with one attached hydrogen (secondary N) is 2. The Bertz CT molecular complexity index is 151. The number of fused-ring (bicyclic) bond motifs is 3. The molecule has 2 saturated carbocycles. The first-order valence-electron chi connectivity index (χ1n) is 3.93. The van der Waals surface area contributed by atoms with Crippen LogP contribution in [0.15, 0.2) is 0 Å². The van der Waals surface area contributed by atoms with E-state index in [1.54, 1.807) is 0 Å². The second-order valence-corrected chi connectivity index (χ2v) is 3.80. The molecule has 2 aliphatic carbocycles. The molecule has 2 unspecified atom stereocenters. The first-order valence-corrected chi connectivity index (χ1v) is 3.93. The van der Waals surface area contributed by atoms with Crippen LogP contribution in [0.3, 0.4) is 0 Å². The smallest absolute Gasteiger partial charge is 0.0974 e. The van der Waals surface area contributed by atoms with Crippen LogP contribution in [-0.4, -0.2) is 5.66 Å². The Morgan fingerprint density at radius 2 is 2.11 bits per heavy atom. The third-order valence-corrected chi connectivity index (χ3v) is 3.29. The summed E-state index contributed by atoms with van der Waals surface area (Å²) in [7, 11) is 0. The zero-order valence-electron chi connectivity index (χ0n) is 5.48. The lowest BCUT2D eigenvalue weighted by Crippen LogP contribution is -2.25. The van der Waals surface area contributed by atoms with Crippen molar-refractivity contribution in [3.63, 3.8) is 0 Å². The Kier molecular flexibility index (Phi) is 0.616. The van der Waals surface area contributed by atoms with E-state index >= 15 is 0 Å². The highest BCUT2D eigenvalue weighted by Crippen LogP contribution is 2.52. The summed E-state index contributed by atoms with van der Waals surface area (Å²) >= 11 is 0. The SMILES string of the molecule is C1CC2CC1CC21NN1. The average Bonchev–Trinajstić information content (AvgIpc) is 2.40. The summed E-state index contributed by atoms with van der Waals surface area (Å²) in [6, 6.07) is 0. The van der Waals surface area contributed by atoms with Crippen LogP contribution in [0.4, 0.5) is 0 Å². The number of hydrogen-bond acceptors (Lipinski definition) is 2. The lowest BCUT2D eigenvalue weighted by Gasteiger charge is -2.16. The molecule has 1 heterocycles. The molecular formula is C7H12N2. The first kappa shape index (κ1) is 4.69. The Balaban J connectivity index is 1.96. The fourth-order valence-electron chi connectivity index (χ4n) is 2.72. The summed E-state index contributed by atoms with van der Waals surface area (Å²) in [5, 5.41) is 0. The van der Waals surface area contributed by atoms with Gasteiger partial charge >= 0.3 is 0 Å². The second-order valence-electron chi connectivity index (χ2n) is 3.80. The highest BCUT2D eigenvalue weighted by Gasteiger charge is 2.58. The van der Waals surface area contributed by atoms with Gasteiger partial charge in [-0.2, -0.15) is 0 Å². The number of hydrazine groups is 1. The molecule has 50 valence electrons. The van der Waals surface area contributed by atoms with Gasteiger partial charge in [-0.05, 0) is 37.5 Å². The standard InChI is InChI=1S/C7H12N2/c1-2-6-3-5(1)4-7(6)8-9-7/h5-6,8-9H,1-4H2. The van der Waals surface area contributed by atoms with Crippen molar-refractivity contribution >= 4 is 0 Å². The summed E-state index contributed by atoms with van der Waals surface area (Å²) in [6.45, 7) is 0. The summed E-state index contributed by atoms with van der Waals surface area (Å²) in [5.74, 6) is 2.03. The molecule has 3 rings (SSSR count). The van der Waals surface area contributed by atoms with Gasteiger partial charge in [0.15, 0.2) is 0 Å². The molecule has 0 aromatic carbocycles. The highest BCUT2D eigenvalue weighted by molar-refractivity contribution is 5.10. The number of hydrogen-bond donors (Lipinski definition) is 2. The maximum Gasteiger partial charge on any atom is 0.0974 e. The monoisotopic (exact) mass is 124 g/mol. The molecule has 2 atom stereocenters. The van der Waals surface area contributed by atoms with Gasteiger partial charge in [0, 0.05) is 0 Å². The van der Waals surface area contributed by atoms with E-state index in [1.807, 2.05) is 0 Å². The minimum absolute atomic E-state index is 0.461. The van der Waals surface area contributed by atoms with Crippen LogP contribution in [0.1, 0.15) is 25.7 Å². The van der Waals surface area contributed by atoms with E-state index < -0.39 is 0 Å². The molecule has 0 aromatic heterocycles. The van der Waals surface area contributed by atoms with Gasteiger partial charge in [-0.1, -0.05) is 0 Å². The molecule has 2 heteroatoms. The minimum Gasteiger partial charge on any atom is -0.235 e. The quantitative estimate of drug-likeness (QED) is 0.465. The van der Waals surface area contributed by atoms with Crippen molar-refractivity contribution in [1.82, 2.24) is 10.9 Å². The zero-order valence-corrected chi connectivity index (χ0v) is 5.48. The zero-order chi connectivity index (χ0) is 5.90. The summed E-state index contributed by atoms with van der Waals surface area (Å²) in [4.78, 5) is 0. The molecule has 2 N–H and O–H groups in total. The summed E-state index contributed by atoms with van der Waals surface area (Å²) < 4.78 is 0. The van der Waals surface area contributed by atoms with Crippen LogP contribution < -0.4 is 10.9 Å². The predicted molar refractivity (Wildman–Crippen MR) is 34.5 cm³/mol.